The molecule has 110 valence electrons. The second kappa shape index (κ2) is 5.36. The summed E-state index contributed by atoms with van der Waals surface area (Å²) in [5.41, 5.74) is 2.25. The first kappa shape index (κ1) is 13.9. The zero-order valence-electron chi connectivity index (χ0n) is 12.7. The molecule has 0 amide bonds. The molecule has 0 aromatic heterocycles. The monoisotopic (exact) mass is 276 g/mol. The van der Waals surface area contributed by atoms with Gasteiger partial charge in [0.05, 0.1) is 0 Å². The van der Waals surface area contributed by atoms with E-state index in [0.29, 0.717) is 18.0 Å². The summed E-state index contributed by atoms with van der Waals surface area (Å²) in [6, 6.07) is 6.30. The molecular weight excluding hydrogens is 251 g/mol. The van der Waals surface area contributed by atoms with Crippen molar-refractivity contribution in [3.8, 4) is 0 Å². The highest BCUT2D eigenvalue weighted by molar-refractivity contribution is 5.55. The predicted molar refractivity (Wildman–Crippen MR) is 81.6 cm³/mol. The molecule has 2 unspecified atom stereocenters. The fraction of sp³-hybridized carbons (Fsp3) is 0.647. The van der Waals surface area contributed by atoms with Gasteiger partial charge in [-0.25, -0.2) is 4.39 Å². The Hall–Kier alpha value is -1.09. The van der Waals surface area contributed by atoms with E-state index in [1.165, 1.54) is 18.5 Å². The third kappa shape index (κ3) is 2.69. The van der Waals surface area contributed by atoms with Crippen molar-refractivity contribution in [2.24, 2.45) is 11.8 Å². The Morgan fingerprint density at radius 1 is 1.30 bits per heavy atom. The van der Waals surface area contributed by atoms with Crippen LogP contribution in [0.15, 0.2) is 18.2 Å². The lowest BCUT2D eigenvalue weighted by Gasteiger charge is -2.44. The van der Waals surface area contributed by atoms with Crippen molar-refractivity contribution in [1.29, 1.82) is 0 Å². The van der Waals surface area contributed by atoms with Gasteiger partial charge in [-0.3, -0.25) is 0 Å². The number of rotatable bonds is 3. The molecule has 2 fully saturated rings. The van der Waals surface area contributed by atoms with E-state index in [2.05, 4.69) is 24.1 Å². The fourth-order valence-electron chi connectivity index (χ4n) is 3.42. The molecule has 1 saturated carbocycles. The standard InChI is InChI=1S/C17H25FN2/c1-11(2)17-9-19-15(13-4-5-13)10-20(17)16-7-6-14(18)8-12(16)3/h6-8,11,13,15,17,19H,4-5,9-10H2,1-3H3. The zero-order chi connectivity index (χ0) is 14.3. The third-order valence-electron chi connectivity index (χ3n) is 4.81. The number of nitrogens with one attached hydrogen (secondary N) is 1. The average Bonchev–Trinajstić information content (AvgIpc) is 3.22. The summed E-state index contributed by atoms with van der Waals surface area (Å²) in [4.78, 5) is 2.51. The van der Waals surface area contributed by atoms with Gasteiger partial charge < -0.3 is 10.2 Å². The largest absolute Gasteiger partial charge is 0.365 e. The van der Waals surface area contributed by atoms with E-state index in [1.54, 1.807) is 12.1 Å². The number of piperazine rings is 1. The molecule has 1 aliphatic carbocycles. The molecule has 0 spiro atoms. The van der Waals surface area contributed by atoms with Crippen molar-refractivity contribution < 1.29 is 4.39 Å². The summed E-state index contributed by atoms with van der Waals surface area (Å²) in [6.07, 6.45) is 2.72. The second-order valence-electron chi connectivity index (χ2n) is 6.75. The van der Waals surface area contributed by atoms with Crippen molar-refractivity contribution in [2.45, 2.75) is 45.7 Å². The number of nitrogens with zero attached hydrogens (tertiary/aromatic N) is 1. The van der Waals surface area contributed by atoms with Crippen molar-refractivity contribution >= 4 is 5.69 Å². The predicted octanol–water partition coefficient (Wildman–Crippen LogP) is 3.35. The van der Waals surface area contributed by atoms with Crippen LogP contribution in [0.5, 0.6) is 0 Å². The summed E-state index contributed by atoms with van der Waals surface area (Å²) in [5.74, 6) is 1.31. The van der Waals surface area contributed by atoms with Gasteiger partial charge in [0.15, 0.2) is 0 Å². The molecule has 3 heteroatoms. The quantitative estimate of drug-likeness (QED) is 0.911. The average molecular weight is 276 g/mol. The van der Waals surface area contributed by atoms with Crippen molar-refractivity contribution in [3.05, 3.63) is 29.6 Å². The molecule has 20 heavy (non-hydrogen) atoms. The summed E-state index contributed by atoms with van der Waals surface area (Å²) in [6.45, 7) is 8.66. The molecule has 1 heterocycles. The second-order valence-corrected chi connectivity index (χ2v) is 6.75. The van der Waals surface area contributed by atoms with E-state index < -0.39 is 0 Å². The molecule has 1 aliphatic heterocycles. The maximum Gasteiger partial charge on any atom is 0.123 e. The molecular formula is C17H25FN2. The maximum atomic E-state index is 13.4. The van der Waals surface area contributed by atoms with Crippen molar-refractivity contribution in [3.63, 3.8) is 0 Å². The van der Waals surface area contributed by atoms with Crippen LogP contribution in [0.4, 0.5) is 10.1 Å². The topological polar surface area (TPSA) is 15.3 Å². The maximum absolute atomic E-state index is 13.4. The lowest BCUT2D eigenvalue weighted by atomic mass is 9.95. The summed E-state index contributed by atoms with van der Waals surface area (Å²) >= 11 is 0. The van der Waals surface area contributed by atoms with Gasteiger partial charge in [-0.15, -0.1) is 0 Å². The smallest absolute Gasteiger partial charge is 0.123 e. The lowest BCUT2D eigenvalue weighted by Crippen LogP contribution is -2.59. The summed E-state index contributed by atoms with van der Waals surface area (Å²) in [7, 11) is 0. The first-order chi connectivity index (χ1) is 9.56. The van der Waals surface area contributed by atoms with Gasteiger partial charge in [-0.05, 0) is 55.4 Å². The normalized spacial score (nSPS) is 27.1. The van der Waals surface area contributed by atoms with Gasteiger partial charge in [0.1, 0.15) is 5.82 Å². The molecule has 1 aromatic carbocycles. The Morgan fingerprint density at radius 2 is 2.05 bits per heavy atom. The minimum absolute atomic E-state index is 0.138. The Bertz CT molecular complexity index is 482. The first-order valence-electron chi connectivity index (χ1n) is 7.82. The van der Waals surface area contributed by atoms with E-state index in [1.807, 2.05) is 13.0 Å². The molecule has 0 bridgehead atoms. The van der Waals surface area contributed by atoms with E-state index in [-0.39, 0.29) is 5.82 Å². The van der Waals surface area contributed by atoms with Crippen LogP contribution >= 0.6 is 0 Å². The number of hydrogen-bond acceptors (Lipinski definition) is 2. The molecule has 1 saturated heterocycles. The number of benzene rings is 1. The highest BCUT2D eigenvalue weighted by Crippen LogP contribution is 2.36. The van der Waals surface area contributed by atoms with Crippen LogP contribution in [0.1, 0.15) is 32.3 Å². The van der Waals surface area contributed by atoms with E-state index in [0.717, 1.165) is 24.6 Å². The van der Waals surface area contributed by atoms with Crippen LogP contribution in [-0.2, 0) is 0 Å². The molecule has 0 radical (unpaired) electrons. The molecule has 3 rings (SSSR count). The number of aryl methyl sites for hydroxylation is 1. The van der Waals surface area contributed by atoms with E-state index in [9.17, 15) is 4.39 Å². The Morgan fingerprint density at radius 3 is 2.65 bits per heavy atom. The minimum atomic E-state index is -0.138. The molecule has 2 atom stereocenters. The van der Waals surface area contributed by atoms with Gasteiger partial charge >= 0.3 is 0 Å². The van der Waals surface area contributed by atoms with Crippen LogP contribution in [0.25, 0.3) is 0 Å². The fourth-order valence-corrected chi connectivity index (χ4v) is 3.42. The Balaban J connectivity index is 1.87. The van der Waals surface area contributed by atoms with Gasteiger partial charge in [0, 0.05) is 30.9 Å². The van der Waals surface area contributed by atoms with Crippen LogP contribution in [0.2, 0.25) is 0 Å². The van der Waals surface area contributed by atoms with Crippen molar-refractivity contribution in [2.75, 3.05) is 18.0 Å². The van der Waals surface area contributed by atoms with E-state index in [4.69, 9.17) is 0 Å². The summed E-state index contributed by atoms with van der Waals surface area (Å²) < 4.78 is 13.4. The lowest BCUT2D eigenvalue weighted by molar-refractivity contribution is 0.320. The van der Waals surface area contributed by atoms with Crippen molar-refractivity contribution in [1.82, 2.24) is 5.32 Å². The zero-order valence-corrected chi connectivity index (χ0v) is 12.7. The van der Waals surface area contributed by atoms with Gasteiger partial charge in [-0.2, -0.15) is 0 Å². The Kier molecular flexibility index (Phi) is 3.72. The Labute approximate surface area is 121 Å². The number of hydrogen-bond donors (Lipinski definition) is 1. The molecule has 2 aliphatic rings. The number of halogens is 1. The van der Waals surface area contributed by atoms with Gasteiger partial charge in [0.2, 0.25) is 0 Å². The van der Waals surface area contributed by atoms with Crippen LogP contribution in [0, 0.1) is 24.6 Å². The van der Waals surface area contributed by atoms with Gasteiger partial charge in [-0.1, -0.05) is 13.8 Å². The van der Waals surface area contributed by atoms with Crippen LogP contribution in [-0.4, -0.2) is 25.2 Å². The number of anilines is 1. The summed E-state index contributed by atoms with van der Waals surface area (Å²) in [5, 5.41) is 3.73. The highest BCUT2D eigenvalue weighted by Gasteiger charge is 2.38. The van der Waals surface area contributed by atoms with E-state index >= 15 is 0 Å². The van der Waals surface area contributed by atoms with Crippen LogP contribution in [0.3, 0.4) is 0 Å². The van der Waals surface area contributed by atoms with Gasteiger partial charge in [0.25, 0.3) is 0 Å². The minimum Gasteiger partial charge on any atom is -0.365 e. The first-order valence-corrected chi connectivity index (χ1v) is 7.82. The highest BCUT2D eigenvalue weighted by atomic mass is 19.1. The molecule has 2 nitrogen and oxygen atoms in total. The third-order valence-corrected chi connectivity index (χ3v) is 4.81. The molecule has 1 aromatic rings. The SMILES string of the molecule is Cc1cc(F)ccc1N1CC(C2CC2)NCC1C(C)C. The molecule has 1 N–H and O–H groups in total. The van der Waals surface area contributed by atoms with Crippen LogP contribution < -0.4 is 10.2 Å².